The average Bonchev–Trinajstić information content (AvgIpc) is 2.61. The fourth-order valence-corrected chi connectivity index (χ4v) is 2.49. The summed E-state index contributed by atoms with van der Waals surface area (Å²) in [7, 11) is 0. The number of nitro groups is 1. The Kier molecular flexibility index (Phi) is 6.27. The van der Waals surface area contributed by atoms with Crippen molar-refractivity contribution < 1.29 is 49.5 Å². The maximum Gasteiger partial charge on any atom is 1.00 e. The molecule has 0 amide bonds. The van der Waals surface area contributed by atoms with E-state index in [2.05, 4.69) is 10.2 Å². The van der Waals surface area contributed by atoms with E-state index in [1.54, 1.807) is 31.2 Å². The normalized spacial score (nSPS) is 10.7. The van der Waals surface area contributed by atoms with Crippen molar-refractivity contribution in [3.05, 3.63) is 69.8 Å². The second kappa shape index (κ2) is 8.26. The predicted molar refractivity (Wildman–Crippen MR) is 92.4 cm³/mol. The van der Waals surface area contributed by atoms with E-state index in [9.17, 15) is 25.1 Å². The van der Waals surface area contributed by atoms with Gasteiger partial charge in [-0.05, 0) is 23.9 Å². The molecule has 0 bridgehead atoms. The van der Waals surface area contributed by atoms with Gasteiger partial charge in [-0.3, -0.25) is 10.1 Å². The van der Waals surface area contributed by atoms with Gasteiger partial charge in [-0.15, -0.1) is 0 Å². The number of non-ortho nitro benzene ring substituents is 1. The van der Waals surface area contributed by atoms with Crippen molar-refractivity contribution in [3.8, 4) is 5.75 Å². The summed E-state index contributed by atoms with van der Waals surface area (Å²) >= 11 is 0. The van der Waals surface area contributed by atoms with Gasteiger partial charge in [-0.2, -0.15) is 10.2 Å². The van der Waals surface area contributed by atoms with E-state index in [4.69, 9.17) is 0 Å². The molecule has 0 aliphatic carbocycles. The zero-order chi connectivity index (χ0) is 18.8. The molecule has 0 saturated heterocycles. The van der Waals surface area contributed by atoms with Crippen LogP contribution in [0.25, 0.3) is 10.8 Å². The van der Waals surface area contributed by atoms with Gasteiger partial charge in [0.15, 0.2) is 0 Å². The van der Waals surface area contributed by atoms with E-state index in [1.807, 2.05) is 0 Å². The van der Waals surface area contributed by atoms with Crippen LogP contribution in [0.1, 0.15) is 15.9 Å². The van der Waals surface area contributed by atoms with E-state index >= 15 is 0 Å². The van der Waals surface area contributed by atoms with Crippen LogP contribution in [0.2, 0.25) is 0 Å². The van der Waals surface area contributed by atoms with Gasteiger partial charge in [0.05, 0.1) is 21.9 Å². The molecular weight excluding hydrogens is 361 g/mol. The molecule has 0 saturated carbocycles. The molecule has 3 aromatic carbocycles. The van der Waals surface area contributed by atoms with Gasteiger partial charge < -0.3 is 10.2 Å². The second-order valence-electron chi connectivity index (χ2n) is 5.56. The number of hydrogen-bond acceptors (Lipinski definition) is 6. The number of carboxylic acids is 1. The van der Waals surface area contributed by atoms with Gasteiger partial charge in [0.1, 0.15) is 0 Å². The number of aryl methyl sites for hydroxylation is 1. The van der Waals surface area contributed by atoms with E-state index in [-0.39, 0.29) is 46.6 Å². The number of azo groups is 1. The van der Waals surface area contributed by atoms with Gasteiger partial charge in [0, 0.05) is 17.5 Å². The van der Waals surface area contributed by atoms with Crippen LogP contribution in [0, 0.1) is 17.0 Å². The number of carbonyl (C=O) groups is 1. The molecule has 0 aliphatic heterocycles. The summed E-state index contributed by atoms with van der Waals surface area (Å²) in [6, 6.07) is 12.1. The number of rotatable bonds is 4. The van der Waals surface area contributed by atoms with Crippen LogP contribution < -0.4 is 34.7 Å². The molecule has 9 heteroatoms. The third kappa shape index (κ3) is 4.13. The molecule has 1 N–H and O–H groups in total. The zero-order valence-corrected chi connectivity index (χ0v) is 16.5. The quantitative estimate of drug-likeness (QED) is 0.318. The average molecular weight is 373 g/mol. The summed E-state index contributed by atoms with van der Waals surface area (Å²) < 4.78 is 0. The van der Waals surface area contributed by atoms with Crippen molar-refractivity contribution in [1.29, 1.82) is 0 Å². The Morgan fingerprint density at radius 1 is 1.11 bits per heavy atom. The SMILES string of the molecule is Cc1ccc([N+](=O)[O-])cc1N=Nc1c([O-])c(C(=O)O)cc2ccccc12.[Na+]. The summed E-state index contributed by atoms with van der Waals surface area (Å²) in [4.78, 5) is 21.7. The molecule has 0 unspecified atom stereocenters. The summed E-state index contributed by atoms with van der Waals surface area (Å²) in [5.41, 5.74) is 0.171. The van der Waals surface area contributed by atoms with Gasteiger partial charge in [0.25, 0.3) is 5.69 Å². The molecule has 130 valence electrons. The van der Waals surface area contributed by atoms with Crippen molar-refractivity contribution in [1.82, 2.24) is 0 Å². The number of nitro benzene ring substituents is 1. The van der Waals surface area contributed by atoms with Crippen molar-refractivity contribution in [2.75, 3.05) is 0 Å². The predicted octanol–water partition coefficient (Wildman–Crippen LogP) is 1.25. The fourth-order valence-electron chi connectivity index (χ4n) is 2.49. The van der Waals surface area contributed by atoms with Gasteiger partial charge >= 0.3 is 35.5 Å². The summed E-state index contributed by atoms with van der Waals surface area (Å²) in [6.07, 6.45) is 0. The number of aromatic carboxylic acids is 1. The van der Waals surface area contributed by atoms with Crippen molar-refractivity contribution in [3.63, 3.8) is 0 Å². The minimum Gasteiger partial charge on any atom is -0.870 e. The minimum atomic E-state index is -1.36. The second-order valence-corrected chi connectivity index (χ2v) is 5.56. The van der Waals surface area contributed by atoms with Crippen LogP contribution in [0.3, 0.4) is 0 Å². The molecule has 27 heavy (non-hydrogen) atoms. The van der Waals surface area contributed by atoms with Crippen LogP contribution in [0.15, 0.2) is 58.8 Å². The van der Waals surface area contributed by atoms with Crippen molar-refractivity contribution in [2.24, 2.45) is 10.2 Å². The topological polar surface area (TPSA) is 128 Å². The van der Waals surface area contributed by atoms with Gasteiger partial charge in [-0.1, -0.05) is 36.1 Å². The van der Waals surface area contributed by atoms with Crippen LogP contribution in [0.5, 0.6) is 5.75 Å². The number of nitrogens with zero attached hydrogens (tertiary/aromatic N) is 3. The van der Waals surface area contributed by atoms with Gasteiger partial charge in [-0.25, -0.2) is 4.79 Å². The maximum atomic E-state index is 12.5. The van der Waals surface area contributed by atoms with Crippen LogP contribution >= 0.6 is 0 Å². The maximum absolute atomic E-state index is 12.5. The minimum absolute atomic E-state index is 0. The van der Waals surface area contributed by atoms with E-state index < -0.39 is 22.2 Å². The first kappa shape index (κ1) is 20.5. The molecule has 0 fully saturated rings. The van der Waals surface area contributed by atoms with Crippen LogP contribution in [-0.2, 0) is 0 Å². The molecular formula is C18H12N3NaO5. The molecule has 0 atom stereocenters. The van der Waals surface area contributed by atoms with E-state index in [0.29, 0.717) is 16.3 Å². The first-order valence-corrected chi connectivity index (χ1v) is 7.51. The molecule has 3 aromatic rings. The number of benzene rings is 3. The van der Waals surface area contributed by atoms with E-state index in [1.165, 1.54) is 24.3 Å². The van der Waals surface area contributed by atoms with Crippen LogP contribution in [-0.4, -0.2) is 16.0 Å². The Labute approximate surface area is 175 Å². The number of hydrogen-bond donors (Lipinski definition) is 1. The fraction of sp³-hybridized carbons (Fsp3) is 0.0556. The first-order chi connectivity index (χ1) is 12.4. The monoisotopic (exact) mass is 373 g/mol. The molecule has 0 aromatic heterocycles. The molecule has 8 nitrogen and oxygen atoms in total. The summed E-state index contributed by atoms with van der Waals surface area (Å²) in [5.74, 6) is -2.12. The van der Waals surface area contributed by atoms with Gasteiger partial charge in [0.2, 0.25) is 0 Å². The Hall–Kier alpha value is -2.81. The molecule has 0 heterocycles. The molecule has 0 radical (unpaired) electrons. The standard InChI is InChI=1S/C18H13N3O5.Na/c1-10-6-7-12(21(25)26)9-15(10)19-20-16-13-5-3-2-4-11(13)8-14(17(16)22)18(23)24;/h2-9,22H,1H3,(H,23,24);/q;+1/p-1. The molecule has 3 rings (SSSR count). The third-order valence-corrected chi connectivity index (χ3v) is 3.87. The zero-order valence-electron chi connectivity index (χ0n) is 14.5. The largest absolute Gasteiger partial charge is 1.00 e. The Bertz CT molecular complexity index is 1080. The Balaban J connectivity index is 0.00000261. The van der Waals surface area contributed by atoms with Crippen molar-refractivity contribution >= 4 is 33.8 Å². The Morgan fingerprint density at radius 2 is 1.81 bits per heavy atom. The summed E-state index contributed by atoms with van der Waals surface area (Å²) in [5, 5.41) is 41.5. The number of fused-ring (bicyclic) bond motifs is 1. The summed E-state index contributed by atoms with van der Waals surface area (Å²) in [6.45, 7) is 1.70. The number of carboxylic acid groups (broad SMARTS) is 1. The Morgan fingerprint density at radius 3 is 2.48 bits per heavy atom. The molecule has 0 aliphatic rings. The smallest absolute Gasteiger partial charge is 0.870 e. The van der Waals surface area contributed by atoms with E-state index in [0.717, 1.165) is 0 Å². The first-order valence-electron chi connectivity index (χ1n) is 7.51. The molecule has 0 spiro atoms. The van der Waals surface area contributed by atoms with Crippen molar-refractivity contribution in [2.45, 2.75) is 6.92 Å². The third-order valence-electron chi connectivity index (χ3n) is 3.87. The van der Waals surface area contributed by atoms with Crippen LogP contribution in [0.4, 0.5) is 17.1 Å².